The van der Waals surface area contributed by atoms with Crippen molar-refractivity contribution in [3.8, 4) is 0 Å². The topological polar surface area (TPSA) is 51.8 Å². The van der Waals surface area contributed by atoms with Crippen molar-refractivity contribution in [1.82, 2.24) is 9.97 Å². The van der Waals surface area contributed by atoms with Crippen LogP contribution in [0.2, 0.25) is 5.15 Å². The molecule has 2 rings (SSSR count). The van der Waals surface area contributed by atoms with Crippen LogP contribution in [0, 0.1) is 0 Å². The van der Waals surface area contributed by atoms with Gasteiger partial charge in [0.1, 0.15) is 11.0 Å². The number of rotatable bonds is 1. The van der Waals surface area contributed by atoms with Crippen LogP contribution < -0.4 is 5.73 Å². The molecule has 1 aromatic heterocycles. The predicted molar refractivity (Wildman–Crippen MR) is 60.1 cm³/mol. The Bertz CT molecular complexity index is 487. The van der Waals surface area contributed by atoms with Gasteiger partial charge >= 0.3 is 0 Å². The summed E-state index contributed by atoms with van der Waals surface area (Å²) in [5.74, 6) is 0.550. The first-order chi connectivity index (χ1) is 6.72. The molecule has 2 N–H and O–H groups in total. The SMILES string of the molecule is NCc1nc(Cl)c2cccc(Br)c2n1. The van der Waals surface area contributed by atoms with Gasteiger partial charge in [0, 0.05) is 9.86 Å². The molecule has 2 aromatic rings. The van der Waals surface area contributed by atoms with Gasteiger partial charge in [0.15, 0.2) is 0 Å². The fourth-order valence-corrected chi connectivity index (χ4v) is 1.92. The number of hydrogen-bond acceptors (Lipinski definition) is 3. The minimum absolute atomic E-state index is 0.289. The van der Waals surface area contributed by atoms with E-state index >= 15 is 0 Å². The van der Waals surface area contributed by atoms with E-state index < -0.39 is 0 Å². The van der Waals surface area contributed by atoms with Gasteiger partial charge in [0.25, 0.3) is 0 Å². The Kier molecular flexibility index (Phi) is 2.67. The maximum atomic E-state index is 5.99. The third-order valence-corrected chi connectivity index (χ3v) is 2.79. The molecule has 0 saturated carbocycles. The molecule has 0 aliphatic heterocycles. The average Bonchev–Trinajstić information content (AvgIpc) is 2.19. The Labute approximate surface area is 94.4 Å². The Balaban J connectivity index is 2.83. The standard InChI is InChI=1S/C9H7BrClN3/c10-6-3-1-2-5-8(6)13-7(4-12)14-9(5)11/h1-3H,4,12H2. The van der Waals surface area contributed by atoms with E-state index in [1.165, 1.54) is 0 Å². The van der Waals surface area contributed by atoms with Crippen LogP contribution in [0.15, 0.2) is 22.7 Å². The first-order valence-corrected chi connectivity index (χ1v) is 5.20. The number of fused-ring (bicyclic) bond motifs is 1. The molecule has 1 heterocycles. The van der Waals surface area contributed by atoms with Gasteiger partial charge in [-0.1, -0.05) is 17.7 Å². The lowest BCUT2D eigenvalue weighted by Crippen LogP contribution is -2.03. The molecule has 72 valence electrons. The molecule has 0 fully saturated rings. The lowest BCUT2D eigenvalue weighted by atomic mass is 10.2. The van der Waals surface area contributed by atoms with E-state index in [1.54, 1.807) is 0 Å². The van der Waals surface area contributed by atoms with Gasteiger partial charge in [-0.3, -0.25) is 0 Å². The van der Waals surface area contributed by atoms with Crippen molar-refractivity contribution in [2.24, 2.45) is 5.73 Å². The van der Waals surface area contributed by atoms with Crippen molar-refractivity contribution in [2.45, 2.75) is 6.54 Å². The van der Waals surface area contributed by atoms with Gasteiger partial charge in [-0.15, -0.1) is 0 Å². The van der Waals surface area contributed by atoms with Gasteiger partial charge in [-0.25, -0.2) is 9.97 Å². The molecular weight excluding hydrogens is 265 g/mol. The largest absolute Gasteiger partial charge is 0.324 e. The zero-order chi connectivity index (χ0) is 10.1. The zero-order valence-electron chi connectivity index (χ0n) is 7.17. The summed E-state index contributed by atoms with van der Waals surface area (Å²) in [5, 5.41) is 1.27. The number of nitrogens with zero attached hydrogens (tertiary/aromatic N) is 2. The monoisotopic (exact) mass is 271 g/mol. The molecule has 0 aliphatic carbocycles. The molecule has 0 atom stereocenters. The molecule has 0 saturated heterocycles. The van der Waals surface area contributed by atoms with Crippen molar-refractivity contribution in [3.63, 3.8) is 0 Å². The molecule has 1 aromatic carbocycles. The van der Waals surface area contributed by atoms with Crippen molar-refractivity contribution in [1.29, 1.82) is 0 Å². The van der Waals surface area contributed by atoms with Gasteiger partial charge < -0.3 is 5.73 Å². The smallest absolute Gasteiger partial charge is 0.144 e. The molecule has 0 amide bonds. The fourth-order valence-electron chi connectivity index (χ4n) is 1.21. The molecule has 0 radical (unpaired) electrons. The molecule has 0 bridgehead atoms. The maximum absolute atomic E-state index is 5.99. The zero-order valence-corrected chi connectivity index (χ0v) is 9.51. The van der Waals surface area contributed by atoms with E-state index in [0.717, 1.165) is 15.4 Å². The summed E-state index contributed by atoms with van der Waals surface area (Å²) < 4.78 is 0.897. The third-order valence-electron chi connectivity index (χ3n) is 1.86. The van der Waals surface area contributed by atoms with E-state index in [1.807, 2.05) is 18.2 Å². The van der Waals surface area contributed by atoms with Crippen LogP contribution in [-0.2, 0) is 6.54 Å². The lowest BCUT2D eigenvalue weighted by molar-refractivity contribution is 0.926. The minimum Gasteiger partial charge on any atom is -0.324 e. The average molecular weight is 273 g/mol. The Hall–Kier alpha value is -0.710. The van der Waals surface area contributed by atoms with Crippen LogP contribution in [0.3, 0.4) is 0 Å². The summed E-state index contributed by atoms with van der Waals surface area (Å²) in [4.78, 5) is 8.36. The van der Waals surface area contributed by atoms with E-state index in [-0.39, 0.29) is 6.54 Å². The highest BCUT2D eigenvalue weighted by atomic mass is 79.9. The van der Waals surface area contributed by atoms with Crippen LogP contribution in [0.4, 0.5) is 0 Å². The highest BCUT2D eigenvalue weighted by molar-refractivity contribution is 9.10. The quantitative estimate of drug-likeness (QED) is 0.812. The number of halogens is 2. The second kappa shape index (κ2) is 3.81. The van der Waals surface area contributed by atoms with Crippen LogP contribution in [0.25, 0.3) is 10.9 Å². The highest BCUT2D eigenvalue weighted by Gasteiger charge is 2.06. The number of benzene rings is 1. The Morgan fingerprint density at radius 2 is 2.14 bits per heavy atom. The number of para-hydroxylation sites is 1. The van der Waals surface area contributed by atoms with Crippen LogP contribution in [0.5, 0.6) is 0 Å². The van der Waals surface area contributed by atoms with E-state index in [4.69, 9.17) is 17.3 Å². The summed E-state index contributed by atoms with van der Waals surface area (Å²) in [6.45, 7) is 0.289. The second-order valence-electron chi connectivity index (χ2n) is 2.77. The Morgan fingerprint density at radius 1 is 1.36 bits per heavy atom. The second-order valence-corrected chi connectivity index (χ2v) is 3.98. The van der Waals surface area contributed by atoms with E-state index in [0.29, 0.717) is 11.0 Å². The molecule has 0 unspecified atom stereocenters. The van der Waals surface area contributed by atoms with Crippen LogP contribution in [0.1, 0.15) is 5.82 Å². The summed E-state index contributed by atoms with van der Waals surface area (Å²) >= 11 is 9.39. The summed E-state index contributed by atoms with van der Waals surface area (Å²) in [7, 11) is 0. The molecule has 0 aliphatic rings. The van der Waals surface area contributed by atoms with E-state index in [2.05, 4.69) is 25.9 Å². The molecule has 14 heavy (non-hydrogen) atoms. The summed E-state index contributed by atoms with van der Waals surface area (Å²) in [6.07, 6.45) is 0. The predicted octanol–water partition coefficient (Wildman–Crippen LogP) is 2.50. The highest BCUT2D eigenvalue weighted by Crippen LogP contribution is 2.26. The van der Waals surface area contributed by atoms with Crippen LogP contribution in [-0.4, -0.2) is 9.97 Å². The molecule has 5 heteroatoms. The minimum atomic E-state index is 0.289. The van der Waals surface area contributed by atoms with Gasteiger partial charge in [0.05, 0.1) is 12.1 Å². The van der Waals surface area contributed by atoms with Crippen molar-refractivity contribution in [2.75, 3.05) is 0 Å². The molecule has 3 nitrogen and oxygen atoms in total. The van der Waals surface area contributed by atoms with E-state index in [9.17, 15) is 0 Å². The van der Waals surface area contributed by atoms with Crippen molar-refractivity contribution < 1.29 is 0 Å². The molecular formula is C9H7BrClN3. The first kappa shape index (κ1) is 9.83. The fraction of sp³-hybridized carbons (Fsp3) is 0.111. The summed E-state index contributed by atoms with van der Waals surface area (Å²) in [6, 6.07) is 5.68. The van der Waals surface area contributed by atoms with Gasteiger partial charge in [-0.2, -0.15) is 0 Å². The van der Waals surface area contributed by atoms with Crippen molar-refractivity contribution in [3.05, 3.63) is 33.6 Å². The van der Waals surface area contributed by atoms with Gasteiger partial charge in [-0.05, 0) is 28.1 Å². The number of hydrogen-bond donors (Lipinski definition) is 1. The number of nitrogens with two attached hydrogens (primary N) is 1. The normalized spacial score (nSPS) is 10.8. The van der Waals surface area contributed by atoms with Gasteiger partial charge in [0.2, 0.25) is 0 Å². The lowest BCUT2D eigenvalue weighted by Gasteiger charge is -2.03. The Morgan fingerprint density at radius 3 is 2.86 bits per heavy atom. The maximum Gasteiger partial charge on any atom is 0.144 e. The van der Waals surface area contributed by atoms with Crippen LogP contribution >= 0.6 is 27.5 Å². The third kappa shape index (κ3) is 1.61. The van der Waals surface area contributed by atoms with Crippen molar-refractivity contribution >= 4 is 38.4 Å². The first-order valence-electron chi connectivity index (χ1n) is 4.03. The number of aromatic nitrogens is 2. The summed E-state index contributed by atoms with van der Waals surface area (Å²) in [5.41, 5.74) is 6.26. The molecule has 0 spiro atoms.